The van der Waals surface area contributed by atoms with E-state index in [1.165, 1.54) is 30.7 Å². The molecule has 1 atom stereocenters. The average Bonchev–Trinajstić information content (AvgIpc) is 3.46. The Hall–Kier alpha value is -1.99. The molecule has 4 rings (SSSR count). The number of nitrogens with zero attached hydrogens (tertiary/aromatic N) is 2. The van der Waals surface area contributed by atoms with Crippen molar-refractivity contribution in [3.63, 3.8) is 0 Å². The maximum absolute atomic E-state index is 10.1. The molecule has 1 aromatic carbocycles. The third-order valence-corrected chi connectivity index (χ3v) is 6.63. The number of hydrogen-bond donors (Lipinski definition) is 2. The van der Waals surface area contributed by atoms with Crippen LogP contribution in [0.4, 0.5) is 0 Å². The summed E-state index contributed by atoms with van der Waals surface area (Å²) in [5, 5.41) is 17.2. The van der Waals surface area contributed by atoms with Crippen molar-refractivity contribution < 1.29 is 9.84 Å². The lowest BCUT2D eigenvalue weighted by Crippen LogP contribution is -2.26. The fraction of sp³-hybridized carbons (Fsp3) is 0.391. The number of aliphatic hydroxyl groups is 1. The molecule has 3 aromatic rings. The molecule has 0 bridgehead atoms. The molecule has 5 nitrogen and oxygen atoms in total. The Bertz CT molecular complexity index is 924. The lowest BCUT2D eigenvalue weighted by atomic mass is 10.1. The summed E-state index contributed by atoms with van der Waals surface area (Å²) < 4.78 is 5.79. The molecule has 0 radical (unpaired) electrons. The summed E-state index contributed by atoms with van der Waals surface area (Å²) in [5.74, 6) is 1.49. The fourth-order valence-electron chi connectivity index (χ4n) is 3.68. The Morgan fingerprint density at radius 1 is 1.17 bits per heavy atom. The van der Waals surface area contributed by atoms with Gasteiger partial charge in [0, 0.05) is 41.7 Å². The van der Waals surface area contributed by atoms with Gasteiger partial charge in [-0.05, 0) is 43.2 Å². The van der Waals surface area contributed by atoms with E-state index in [9.17, 15) is 5.11 Å². The van der Waals surface area contributed by atoms with Crippen LogP contribution in [-0.2, 0) is 0 Å². The number of rotatable bonds is 9. The number of ether oxygens (including phenoxy) is 1. The van der Waals surface area contributed by atoms with Crippen LogP contribution in [0.5, 0.6) is 5.75 Å². The molecule has 2 N–H and O–H groups in total. The number of thiazole rings is 1. The monoisotopic (exact) mass is 443 g/mol. The highest BCUT2D eigenvalue weighted by atomic mass is 35.5. The highest BCUT2D eigenvalue weighted by Crippen LogP contribution is 2.37. The third kappa shape index (κ3) is 5.58. The van der Waals surface area contributed by atoms with Crippen molar-refractivity contribution in [2.75, 3.05) is 19.7 Å². The first kappa shape index (κ1) is 21.2. The number of pyridine rings is 1. The maximum atomic E-state index is 10.1. The fourth-order valence-corrected chi connectivity index (χ4v) is 4.80. The molecule has 0 saturated heterocycles. The van der Waals surface area contributed by atoms with Crippen molar-refractivity contribution in [1.82, 2.24) is 15.3 Å². The van der Waals surface area contributed by atoms with Gasteiger partial charge >= 0.3 is 0 Å². The van der Waals surface area contributed by atoms with Crippen LogP contribution < -0.4 is 10.1 Å². The van der Waals surface area contributed by atoms with Gasteiger partial charge in [0.05, 0.1) is 16.8 Å². The second-order valence-electron chi connectivity index (χ2n) is 7.56. The van der Waals surface area contributed by atoms with Gasteiger partial charge in [0.15, 0.2) is 0 Å². The number of hydrogen-bond acceptors (Lipinski definition) is 6. The topological polar surface area (TPSA) is 67.3 Å². The SMILES string of the molecule is O[C@@H](CNCCOc1ccc(-c2csc(C3CCCC3)n2)cc1)c1ccc(Cl)nc1. The van der Waals surface area contributed by atoms with Gasteiger partial charge in [-0.3, -0.25) is 0 Å². The first-order valence-electron chi connectivity index (χ1n) is 10.4. The number of aromatic nitrogens is 2. The zero-order chi connectivity index (χ0) is 20.8. The number of aliphatic hydroxyl groups excluding tert-OH is 1. The van der Waals surface area contributed by atoms with E-state index in [-0.39, 0.29) is 0 Å². The zero-order valence-corrected chi connectivity index (χ0v) is 18.3. The number of nitrogens with one attached hydrogen (secondary N) is 1. The predicted octanol–water partition coefficient (Wildman–Crippen LogP) is 5.22. The smallest absolute Gasteiger partial charge is 0.129 e. The van der Waals surface area contributed by atoms with E-state index in [1.54, 1.807) is 29.7 Å². The third-order valence-electron chi connectivity index (χ3n) is 5.40. The second-order valence-corrected chi connectivity index (χ2v) is 8.84. The first-order valence-corrected chi connectivity index (χ1v) is 11.6. The van der Waals surface area contributed by atoms with E-state index in [1.807, 2.05) is 12.1 Å². The van der Waals surface area contributed by atoms with Gasteiger partial charge in [-0.25, -0.2) is 9.97 Å². The molecule has 0 spiro atoms. The van der Waals surface area contributed by atoms with E-state index in [4.69, 9.17) is 21.3 Å². The van der Waals surface area contributed by atoms with E-state index >= 15 is 0 Å². The van der Waals surface area contributed by atoms with Crippen LogP contribution >= 0.6 is 22.9 Å². The molecule has 2 aromatic heterocycles. The number of halogens is 1. The van der Waals surface area contributed by atoms with Gasteiger partial charge in [0.25, 0.3) is 0 Å². The molecule has 30 heavy (non-hydrogen) atoms. The highest BCUT2D eigenvalue weighted by molar-refractivity contribution is 7.10. The normalized spacial score (nSPS) is 15.4. The quantitative estimate of drug-likeness (QED) is 0.350. The first-order chi connectivity index (χ1) is 14.7. The molecule has 158 valence electrons. The van der Waals surface area contributed by atoms with Crippen molar-refractivity contribution in [2.45, 2.75) is 37.7 Å². The minimum absolute atomic E-state index is 0.419. The molecule has 1 saturated carbocycles. The molecule has 1 aliphatic rings. The van der Waals surface area contributed by atoms with Crippen LogP contribution in [0, 0.1) is 0 Å². The van der Waals surface area contributed by atoms with Crippen LogP contribution in [0.3, 0.4) is 0 Å². The summed E-state index contributed by atoms with van der Waals surface area (Å²) >= 11 is 7.55. The summed E-state index contributed by atoms with van der Waals surface area (Å²) in [6, 6.07) is 11.5. The maximum Gasteiger partial charge on any atom is 0.129 e. The average molecular weight is 444 g/mol. The molecule has 0 amide bonds. The lowest BCUT2D eigenvalue weighted by Gasteiger charge is -2.12. The molecule has 0 unspecified atom stereocenters. The highest BCUT2D eigenvalue weighted by Gasteiger charge is 2.20. The standard InChI is InChI=1S/C23H26ClN3O2S/c24-22-10-7-18(13-26-22)21(28)14-25-11-12-29-19-8-5-16(6-9-19)20-15-30-23(27-20)17-3-1-2-4-17/h5-10,13,15,17,21,25,28H,1-4,11-12,14H2/t21-/m0/s1. The Labute approximate surface area is 186 Å². The van der Waals surface area contributed by atoms with Gasteiger partial charge in [0.1, 0.15) is 17.5 Å². The van der Waals surface area contributed by atoms with Crippen LogP contribution in [0.15, 0.2) is 48.0 Å². The van der Waals surface area contributed by atoms with Crippen LogP contribution in [-0.4, -0.2) is 34.8 Å². The molecular weight excluding hydrogens is 418 g/mol. The van der Waals surface area contributed by atoms with Crippen LogP contribution in [0.25, 0.3) is 11.3 Å². The summed E-state index contributed by atoms with van der Waals surface area (Å²) in [4.78, 5) is 8.84. The Morgan fingerprint density at radius 3 is 2.70 bits per heavy atom. The Kier molecular flexibility index (Phi) is 7.33. The Morgan fingerprint density at radius 2 is 1.97 bits per heavy atom. The minimum atomic E-state index is -0.624. The molecule has 2 heterocycles. The van der Waals surface area contributed by atoms with Crippen molar-refractivity contribution in [3.05, 3.63) is 63.7 Å². The summed E-state index contributed by atoms with van der Waals surface area (Å²) in [5.41, 5.74) is 2.92. The van der Waals surface area contributed by atoms with E-state index in [0.29, 0.717) is 30.8 Å². The van der Waals surface area contributed by atoms with Crippen molar-refractivity contribution in [3.8, 4) is 17.0 Å². The van der Waals surface area contributed by atoms with E-state index in [0.717, 1.165) is 22.6 Å². The van der Waals surface area contributed by atoms with E-state index in [2.05, 4.69) is 27.8 Å². The predicted molar refractivity (Wildman–Crippen MR) is 121 cm³/mol. The van der Waals surface area contributed by atoms with Gasteiger partial charge < -0.3 is 15.2 Å². The van der Waals surface area contributed by atoms with Gasteiger partial charge in [-0.15, -0.1) is 11.3 Å². The Balaban J connectivity index is 1.20. The molecular formula is C23H26ClN3O2S. The van der Waals surface area contributed by atoms with Crippen molar-refractivity contribution in [1.29, 1.82) is 0 Å². The molecule has 1 aliphatic carbocycles. The second kappa shape index (κ2) is 10.4. The largest absolute Gasteiger partial charge is 0.492 e. The molecule has 1 fully saturated rings. The zero-order valence-electron chi connectivity index (χ0n) is 16.8. The summed E-state index contributed by atoms with van der Waals surface area (Å²) in [6.07, 6.45) is 6.19. The minimum Gasteiger partial charge on any atom is -0.492 e. The van der Waals surface area contributed by atoms with Gasteiger partial charge in [-0.1, -0.05) is 30.5 Å². The molecule has 0 aliphatic heterocycles. The molecule has 7 heteroatoms. The van der Waals surface area contributed by atoms with Crippen LogP contribution in [0.2, 0.25) is 5.15 Å². The van der Waals surface area contributed by atoms with Crippen LogP contribution in [0.1, 0.15) is 48.3 Å². The van der Waals surface area contributed by atoms with Crippen molar-refractivity contribution >= 4 is 22.9 Å². The lowest BCUT2D eigenvalue weighted by molar-refractivity contribution is 0.171. The van der Waals surface area contributed by atoms with Gasteiger partial charge in [-0.2, -0.15) is 0 Å². The van der Waals surface area contributed by atoms with Gasteiger partial charge in [0.2, 0.25) is 0 Å². The number of benzene rings is 1. The summed E-state index contributed by atoms with van der Waals surface area (Å²) in [7, 11) is 0. The summed E-state index contributed by atoms with van der Waals surface area (Å²) in [6.45, 7) is 1.59. The van der Waals surface area contributed by atoms with Crippen molar-refractivity contribution in [2.24, 2.45) is 0 Å². The van der Waals surface area contributed by atoms with E-state index < -0.39 is 6.10 Å².